The molecule has 1 aliphatic heterocycles. The second-order valence-electron chi connectivity index (χ2n) is 4.82. The third-order valence-electron chi connectivity index (χ3n) is 3.53. The van der Waals surface area contributed by atoms with Gasteiger partial charge in [0, 0.05) is 19.7 Å². The van der Waals surface area contributed by atoms with E-state index in [2.05, 4.69) is 5.16 Å². The quantitative estimate of drug-likeness (QED) is 0.287. The van der Waals surface area contributed by atoms with Crippen molar-refractivity contribution in [2.45, 2.75) is 32.6 Å². The first-order valence-electron chi connectivity index (χ1n) is 6.51. The fourth-order valence-corrected chi connectivity index (χ4v) is 2.31. The van der Waals surface area contributed by atoms with E-state index in [4.69, 9.17) is 16.0 Å². The summed E-state index contributed by atoms with van der Waals surface area (Å²) in [6.45, 7) is 3.43. The van der Waals surface area contributed by atoms with Gasteiger partial charge in [-0.25, -0.2) is 0 Å². The lowest BCUT2D eigenvalue weighted by Gasteiger charge is -2.33. The van der Waals surface area contributed by atoms with Crippen LogP contribution in [0.2, 0.25) is 0 Å². The van der Waals surface area contributed by atoms with Crippen molar-refractivity contribution < 1.29 is 15.1 Å². The zero-order valence-electron chi connectivity index (χ0n) is 10.9. The summed E-state index contributed by atoms with van der Waals surface area (Å²) in [4.78, 5) is 14.0. The molecule has 0 saturated carbocycles. The van der Waals surface area contributed by atoms with Crippen molar-refractivity contribution in [3.63, 3.8) is 0 Å². The van der Waals surface area contributed by atoms with Crippen LogP contribution in [-0.2, 0) is 4.79 Å². The Balaban J connectivity index is 2.61. The second-order valence-corrected chi connectivity index (χ2v) is 4.82. The van der Waals surface area contributed by atoms with E-state index in [1.54, 1.807) is 4.90 Å². The Hall–Kier alpha value is -1.30. The van der Waals surface area contributed by atoms with Crippen LogP contribution in [0.1, 0.15) is 32.6 Å². The summed E-state index contributed by atoms with van der Waals surface area (Å²) in [6.07, 6.45) is 3.03. The zero-order chi connectivity index (χ0) is 13.5. The van der Waals surface area contributed by atoms with Crippen LogP contribution in [0.15, 0.2) is 5.16 Å². The number of piperidine rings is 1. The van der Waals surface area contributed by atoms with Crippen molar-refractivity contribution in [3.05, 3.63) is 0 Å². The maximum atomic E-state index is 12.3. The van der Waals surface area contributed by atoms with Crippen molar-refractivity contribution in [2.75, 3.05) is 19.7 Å². The number of nitrogens with zero attached hydrogens (tertiary/aromatic N) is 2. The average molecular weight is 257 g/mol. The van der Waals surface area contributed by atoms with Gasteiger partial charge in [0.15, 0.2) is 5.84 Å². The first-order valence-corrected chi connectivity index (χ1v) is 6.51. The molecule has 4 N–H and O–H groups in total. The van der Waals surface area contributed by atoms with Crippen LogP contribution in [0.3, 0.4) is 0 Å². The van der Waals surface area contributed by atoms with Gasteiger partial charge in [0.05, 0.1) is 5.92 Å². The molecule has 0 radical (unpaired) electrons. The smallest absolute Gasteiger partial charge is 0.233 e. The summed E-state index contributed by atoms with van der Waals surface area (Å²) in [5.74, 6) is -0.303. The van der Waals surface area contributed by atoms with Gasteiger partial charge in [-0.1, -0.05) is 18.5 Å². The molecule has 1 saturated heterocycles. The first-order chi connectivity index (χ1) is 8.63. The molecule has 18 heavy (non-hydrogen) atoms. The number of aliphatic hydroxyl groups excluding tert-OH is 1. The molecule has 6 nitrogen and oxygen atoms in total. The Labute approximate surface area is 107 Å². The molecule has 1 rings (SSSR count). The molecule has 1 atom stereocenters. The molecule has 1 unspecified atom stereocenters. The summed E-state index contributed by atoms with van der Waals surface area (Å²) >= 11 is 0. The lowest BCUT2D eigenvalue weighted by atomic mass is 9.95. The van der Waals surface area contributed by atoms with E-state index in [0.29, 0.717) is 25.4 Å². The van der Waals surface area contributed by atoms with Crippen LogP contribution in [0.25, 0.3) is 0 Å². The van der Waals surface area contributed by atoms with Crippen molar-refractivity contribution >= 4 is 11.7 Å². The lowest BCUT2D eigenvalue weighted by molar-refractivity contribution is -0.135. The maximum Gasteiger partial charge on any atom is 0.233 e. The molecule has 6 heteroatoms. The molecule has 0 aliphatic carbocycles. The Morgan fingerprint density at radius 2 is 2.11 bits per heavy atom. The Morgan fingerprint density at radius 1 is 1.50 bits per heavy atom. The minimum absolute atomic E-state index is 0.00821. The molecule has 0 bridgehead atoms. The van der Waals surface area contributed by atoms with E-state index in [9.17, 15) is 4.79 Å². The standard InChI is InChI=1S/C12H23N3O3/c1-2-3-10(11(13)14-18)12(17)15-6-4-9(8-16)5-7-15/h9-10,16,18H,2-8H2,1H3,(H2,13,14). The number of hydrogen-bond acceptors (Lipinski definition) is 4. The fourth-order valence-electron chi connectivity index (χ4n) is 2.31. The fraction of sp³-hybridized carbons (Fsp3) is 0.833. The number of carbonyl (C=O) groups excluding carboxylic acids is 1. The number of nitrogens with two attached hydrogens (primary N) is 1. The topological polar surface area (TPSA) is 99.2 Å². The van der Waals surface area contributed by atoms with E-state index in [1.165, 1.54) is 0 Å². The number of amides is 1. The number of amidine groups is 1. The minimum atomic E-state index is -0.523. The number of aliphatic hydroxyl groups is 1. The Bertz CT molecular complexity index is 299. The summed E-state index contributed by atoms with van der Waals surface area (Å²) in [5, 5.41) is 20.7. The highest BCUT2D eigenvalue weighted by atomic mass is 16.4. The van der Waals surface area contributed by atoms with Crippen molar-refractivity contribution in [2.24, 2.45) is 22.7 Å². The number of oxime groups is 1. The third-order valence-corrected chi connectivity index (χ3v) is 3.53. The van der Waals surface area contributed by atoms with Crippen molar-refractivity contribution in [1.82, 2.24) is 4.90 Å². The summed E-state index contributed by atoms with van der Waals surface area (Å²) in [7, 11) is 0. The molecule has 1 heterocycles. The SMILES string of the molecule is CCCC(C(=O)N1CCC(CO)CC1)/C(N)=N/O. The third kappa shape index (κ3) is 3.60. The van der Waals surface area contributed by atoms with Crippen LogP contribution in [-0.4, -0.2) is 46.7 Å². The van der Waals surface area contributed by atoms with E-state index in [0.717, 1.165) is 19.3 Å². The highest BCUT2D eigenvalue weighted by molar-refractivity contribution is 6.02. The van der Waals surface area contributed by atoms with Crippen LogP contribution in [0.5, 0.6) is 0 Å². The van der Waals surface area contributed by atoms with Gasteiger partial charge >= 0.3 is 0 Å². The summed E-state index contributed by atoms with van der Waals surface area (Å²) in [5.41, 5.74) is 5.58. The summed E-state index contributed by atoms with van der Waals surface area (Å²) in [6, 6.07) is 0. The molecule has 1 aliphatic rings. The van der Waals surface area contributed by atoms with E-state index in [-0.39, 0.29) is 18.3 Å². The van der Waals surface area contributed by atoms with Gasteiger partial charge in [-0.05, 0) is 25.2 Å². The van der Waals surface area contributed by atoms with Gasteiger partial charge in [0.2, 0.25) is 5.91 Å². The Morgan fingerprint density at radius 3 is 2.56 bits per heavy atom. The van der Waals surface area contributed by atoms with Crippen LogP contribution < -0.4 is 5.73 Å². The average Bonchev–Trinajstić information content (AvgIpc) is 2.43. The zero-order valence-corrected chi connectivity index (χ0v) is 10.9. The van der Waals surface area contributed by atoms with Gasteiger partial charge < -0.3 is 20.9 Å². The van der Waals surface area contributed by atoms with Gasteiger partial charge in [0.25, 0.3) is 0 Å². The van der Waals surface area contributed by atoms with Crippen LogP contribution in [0, 0.1) is 11.8 Å². The first kappa shape index (κ1) is 14.8. The summed E-state index contributed by atoms with van der Waals surface area (Å²) < 4.78 is 0. The maximum absolute atomic E-state index is 12.3. The Kier molecular flexibility index (Phi) is 5.91. The molecule has 0 aromatic heterocycles. The molecular formula is C12H23N3O3. The van der Waals surface area contributed by atoms with Gasteiger partial charge in [-0.15, -0.1) is 0 Å². The molecule has 0 spiro atoms. The van der Waals surface area contributed by atoms with E-state index in [1.807, 2.05) is 6.92 Å². The number of hydrogen-bond donors (Lipinski definition) is 3. The van der Waals surface area contributed by atoms with Gasteiger partial charge in [0.1, 0.15) is 0 Å². The second kappa shape index (κ2) is 7.20. The number of carbonyl (C=O) groups is 1. The largest absolute Gasteiger partial charge is 0.409 e. The van der Waals surface area contributed by atoms with Gasteiger partial charge in [-0.2, -0.15) is 0 Å². The van der Waals surface area contributed by atoms with Crippen molar-refractivity contribution in [3.8, 4) is 0 Å². The van der Waals surface area contributed by atoms with E-state index < -0.39 is 5.92 Å². The number of rotatable bonds is 5. The monoisotopic (exact) mass is 257 g/mol. The molecule has 1 amide bonds. The van der Waals surface area contributed by atoms with Crippen molar-refractivity contribution in [1.29, 1.82) is 0 Å². The minimum Gasteiger partial charge on any atom is -0.409 e. The predicted octanol–water partition coefficient (Wildman–Crippen LogP) is 0.380. The number of likely N-dealkylation sites (tertiary alicyclic amines) is 1. The molecule has 0 aromatic carbocycles. The highest BCUT2D eigenvalue weighted by Crippen LogP contribution is 2.20. The predicted molar refractivity (Wildman–Crippen MR) is 68.2 cm³/mol. The van der Waals surface area contributed by atoms with Gasteiger partial charge in [-0.3, -0.25) is 4.79 Å². The highest BCUT2D eigenvalue weighted by Gasteiger charge is 2.30. The molecule has 0 aromatic rings. The van der Waals surface area contributed by atoms with Crippen LogP contribution in [0.4, 0.5) is 0 Å². The molecule has 104 valence electrons. The lowest BCUT2D eigenvalue weighted by Crippen LogP contribution is -2.45. The molecular weight excluding hydrogens is 234 g/mol. The van der Waals surface area contributed by atoms with E-state index >= 15 is 0 Å². The van der Waals surface area contributed by atoms with Crippen LogP contribution >= 0.6 is 0 Å². The molecule has 1 fully saturated rings. The normalized spacial score (nSPS) is 19.9.